The minimum absolute atomic E-state index is 0.0376. The number of aryl methyl sites for hydroxylation is 2. The molecule has 6 nitrogen and oxygen atoms in total. The van der Waals surface area contributed by atoms with Gasteiger partial charge < -0.3 is 10.3 Å². The van der Waals surface area contributed by atoms with Crippen LogP contribution in [0.4, 0.5) is 8.78 Å². The van der Waals surface area contributed by atoms with Crippen molar-refractivity contribution in [1.82, 2.24) is 15.0 Å². The van der Waals surface area contributed by atoms with E-state index in [4.69, 9.17) is 17.3 Å². The largest absolute Gasteiger partial charge is 0.324 e. The molecule has 10 heteroatoms. The minimum Gasteiger partial charge on any atom is -0.324 e. The van der Waals surface area contributed by atoms with Crippen LogP contribution in [0.5, 0.6) is 0 Å². The zero-order valence-electron chi connectivity index (χ0n) is 19.9. The van der Waals surface area contributed by atoms with Gasteiger partial charge in [0.05, 0.1) is 38.8 Å². The fourth-order valence-corrected chi connectivity index (χ4v) is 5.05. The van der Waals surface area contributed by atoms with Gasteiger partial charge in [-0.05, 0) is 69.0 Å². The highest BCUT2D eigenvalue weighted by Crippen LogP contribution is 2.36. The summed E-state index contributed by atoms with van der Waals surface area (Å²) in [5, 5.41) is 9.65. The molecule has 3 aromatic heterocycles. The Morgan fingerprint density at radius 1 is 1.17 bits per heavy atom. The van der Waals surface area contributed by atoms with Crippen LogP contribution < -0.4 is 11.2 Å². The average molecular weight is 526 g/mol. The zero-order chi connectivity index (χ0) is 26.2. The molecule has 0 fully saturated rings. The summed E-state index contributed by atoms with van der Waals surface area (Å²) < 4.78 is 41.1. The second-order valence-corrected chi connectivity index (χ2v) is 12.5. The van der Waals surface area contributed by atoms with Crippen LogP contribution in [0.2, 0.25) is 5.02 Å². The number of hydrogen-bond acceptors (Lipinski definition) is 6. The fourth-order valence-electron chi connectivity index (χ4n) is 4.01. The first-order chi connectivity index (χ1) is 17.0. The summed E-state index contributed by atoms with van der Waals surface area (Å²) in [6.07, 6.45) is 2.10. The van der Waals surface area contributed by atoms with Gasteiger partial charge in [0.2, 0.25) is 0 Å². The van der Waals surface area contributed by atoms with E-state index < -0.39 is 24.8 Å². The molecule has 3 heterocycles. The smallest absolute Gasteiger partial charge is 0.151 e. The van der Waals surface area contributed by atoms with Crippen molar-refractivity contribution >= 4 is 35.2 Å². The van der Waals surface area contributed by atoms with Crippen LogP contribution in [-0.2, 0) is 11.0 Å². The number of aromatic nitrogens is 3. The van der Waals surface area contributed by atoms with Crippen molar-refractivity contribution in [3.63, 3.8) is 0 Å². The Kier molecular flexibility index (Phi) is 7.19. The molecule has 0 aliphatic carbocycles. The zero-order valence-corrected chi connectivity index (χ0v) is 21.5. The molecule has 1 unspecified atom stereocenters. The van der Waals surface area contributed by atoms with E-state index in [-0.39, 0.29) is 5.69 Å². The SMILES string of the molecule is Cc1nc2cc(F)c(-c3ccc(P(C)(C)=O)nc3)nc2c(C(N)CCc2cc(F)ccc2C#N)c1Cl. The number of benzene rings is 1. The number of pyridine rings is 3. The Labute approximate surface area is 212 Å². The lowest BCUT2D eigenvalue weighted by Gasteiger charge is -2.18. The lowest BCUT2D eigenvalue weighted by Crippen LogP contribution is -2.15. The van der Waals surface area contributed by atoms with Crippen LogP contribution >= 0.6 is 18.7 Å². The van der Waals surface area contributed by atoms with Crippen LogP contribution in [0, 0.1) is 29.9 Å². The average Bonchev–Trinajstić information content (AvgIpc) is 2.83. The van der Waals surface area contributed by atoms with E-state index >= 15 is 4.39 Å². The number of rotatable bonds is 6. The summed E-state index contributed by atoms with van der Waals surface area (Å²) in [6, 6.07) is 9.89. The van der Waals surface area contributed by atoms with E-state index in [2.05, 4.69) is 21.0 Å². The van der Waals surface area contributed by atoms with E-state index in [1.165, 1.54) is 30.5 Å². The van der Waals surface area contributed by atoms with Gasteiger partial charge in [0.25, 0.3) is 0 Å². The van der Waals surface area contributed by atoms with Crippen molar-refractivity contribution < 1.29 is 13.3 Å². The van der Waals surface area contributed by atoms with E-state index in [0.29, 0.717) is 62.3 Å². The van der Waals surface area contributed by atoms with Gasteiger partial charge in [0.1, 0.15) is 18.7 Å². The number of fused-ring (bicyclic) bond motifs is 1. The van der Waals surface area contributed by atoms with Crippen molar-refractivity contribution in [3.05, 3.63) is 81.6 Å². The Balaban J connectivity index is 1.77. The third kappa shape index (κ3) is 5.15. The molecule has 184 valence electrons. The molecule has 0 spiro atoms. The van der Waals surface area contributed by atoms with Gasteiger partial charge in [0, 0.05) is 29.4 Å². The van der Waals surface area contributed by atoms with Crippen molar-refractivity contribution in [1.29, 1.82) is 5.26 Å². The monoisotopic (exact) mass is 525 g/mol. The number of nitrogens with zero attached hydrogens (tertiary/aromatic N) is 4. The third-order valence-electron chi connectivity index (χ3n) is 5.91. The maximum Gasteiger partial charge on any atom is 0.151 e. The molecule has 36 heavy (non-hydrogen) atoms. The first kappa shape index (κ1) is 25.8. The molecule has 1 aromatic carbocycles. The molecule has 0 saturated carbocycles. The number of nitrogens with two attached hydrogens (primary N) is 1. The summed E-state index contributed by atoms with van der Waals surface area (Å²) in [4.78, 5) is 13.2. The van der Waals surface area contributed by atoms with E-state index in [0.717, 1.165) is 0 Å². The third-order valence-corrected chi connectivity index (χ3v) is 7.75. The van der Waals surface area contributed by atoms with Crippen LogP contribution in [0.3, 0.4) is 0 Å². The van der Waals surface area contributed by atoms with Crippen molar-refractivity contribution in [2.75, 3.05) is 13.3 Å². The highest BCUT2D eigenvalue weighted by molar-refractivity contribution is 7.69. The van der Waals surface area contributed by atoms with Gasteiger partial charge in [-0.3, -0.25) is 4.98 Å². The van der Waals surface area contributed by atoms with Crippen LogP contribution in [0.15, 0.2) is 42.6 Å². The van der Waals surface area contributed by atoms with Crippen molar-refractivity contribution in [2.45, 2.75) is 25.8 Å². The Morgan fingerprint density at radius 2 is 1.92 bits per heavy atom. The molecule has 0 radical (unpaired) electrons. The van der Waals surface area contributed by atoms with Crippen LogP contribution in [0.25, 0.3) is 22.3 Å². The molecule has 0 aliphatic heterocycles. The Hall–Kier alpha value is -3.24. The predicted octanol–water partition coefficient (Wildman–Crippen LogP) is 5.68. The van der Waals surface area contributed by atoms with Crippen LogP contribution in [0.1, 0.15) is 34.8 Å². The summed E-state index contributed by atoms with van der Waals surface area (Å²) in [5.74, 6) is -1.04. The molecule has 4 rings (SSSR count). The molecule has 2 N–H and O–H groups in total. The maximum absolute atomic E-state index is 15.1. The molecule has 0 saturated heterocycles. The highest BCUT2D eigenvalue weighted by Gasteiger charge is 2.22. The molecule has 0 aliphatic rings. The predicted molar refractivity (Wildman–Crippen MR) is 138 cm³/mol. The molecule has 4 aromatic rings. The van der Waals surface area contributed by atoms with Gasteiger partial charge >= 0.3 is 0 Å². The number of nitriles is 1. The number of hydrogen-bond donors (Lipinski definition) is 1. The maximum atomic E-state index is 15.1. The minimum atomic E-state index is -2.57. The lowest BCUT2D eigenvalue weighted by atomic mass is 9.96. The summed E-state index contributed by atoms with van der Waals surface area (Å²) >= 11 is 6.61. The second kappa shape index (κ2) is 10.0. The van der Waals surface area contributed by atoms with Gasteiger partial charge in [-0.15, -0.1) is 0 Å². The van der Waals surface area contributed by atoms with Gasteiger partial charge in [-0.1, -0.05) is 11.6 Å². The van der Waals surface area contributed by atoms with Crippen molar-refractivity contribution in [3.8, 4) is 17.3 Å². The van der Waals surface area contributed by atoms with Gasteiger partial charge in [0.15, 0.2) is 5.82 Å². The lowest BCUT2D eigenvalue weighted by molar-refractivity contribution is 0.588. The Bertz CT molecular complexity index is 1560. The quantitative estimate of drug-likeness (QED) is 0.324. The van der Waals surface area contributed by atoms with Crippen molar-refractivity contribution in [2.24, 2.45) is 5.73 Å². The fraction of sp³-hybridized carbons (Fsp3) is 0.231. The summed E-state index contributed by atoms with van der Waals surface area (Å²) in [7, 11) is -2.57. The second-order valence-electron chi connectivity index (χ2n) is 8.93. The van der Waals surface area contributed by atoms with Gasteiger partial charge in [-0.25, -0.2) is 18.7 Å². The Morgan fingerprint density at radius 3 is 2.56 bits per heavy atom. The molecule has 0 bridgehead atoms. The molecule has 1 atom stereocenters. The van der Waals surface area contributed by atoms with E-state index in [9.17, 15) is 14.2 Å². The highest BCUT2D eigenvalue weighted by atomic mass is 35.5. The summed E-state index contributed by atoms with van der Waals surface area (Å²) in [6.45, 7) is 4.91. The van der Waals surface area contributed by atoms with Gasteiger partial charge in [-0.2, -0.15) is 5.26 Å². The van der Waals surface area contributed by atoms with E-state index in [1.54, 1.807) is 32.4 Å². The molecule has 0 amide bonds. The van der Waals surface area contributed by atoms with Crippen LogP contribution in [-0.4, -0.2) is 28.3 Å². The normalized spacial score (nSPS) is 12.5. The topological polar surface area (TPSA) is 106 Å². The standard InChI is InChI=1S/C26H23ClF2N5OP/c1-14-24(27)23(20(31)8-5-15-10-18(28)7-4-16(15)12-30)26-21(33-14)11-19(29)25(34-26)17-6-9-22(32-13-17)36(2,3)35/h4,6-7,9-11,13,20H,5,8,31H2,1-3H3. The number of halogens is 3. The molecular formula is C26H23ClF2N5OP. The van der Waals surface area contributed by atoms with E-state index in [1.807, 2.05) is 0 Å². The first-order valence-corrected chi connectivity index (χ1v) is 14.1. The first-order valence-electron chi connectivity index (χ1n) is 11.1. The molecular weight excluding hydrogens is 503 g/mol. The summed E-state index contributed by atoms with van der Waals surface area (Å²) in [5.41, 5.74) is 9.92.